The minimum Gasteiger partial charge on any atom is -0.756 e. The van der Waals surface area contributed by atoms with Gasteiger partial charge in [-0.3, -0.25) is 9.36 Å². The van der Waals surface area contributed by atoms with Crippen molar-refractivity contribution >= 4 is 13.7 Å². The number of quaternary nitrogens is 1. The zero-order valence-electron chi connectivity index (χ0n) is 60.5. The van der Waals surface area contributed by atoms with Crippen molar-refractivity contribution in [3.05, 3.63) is 12.2 Å². The van der Waals surface area contributed by atoms with Crippen LogP contribution >= 0.6 is 7.82 Å². The topological polar surface area (TPSA) is 108 Å². The van der Waals surface area contributed by atoms with Crippen LogP contribution < -0.4 is 10.2 Å². The molecule has 88 heavy (non-hydrogen) atoms. The van der Waals surface area contributed by atoms with Crippen LogP contribution in [-0.4, -0.2) is 68.5 Å². The third-order valence-electron chi connectivity index (χ3n) is 19.0. The minimum absolute atomic E-state index is 0.00317. The molecule has 0 aromatic rings. The summed E-state index contributed by atoms with van der Waals surface area (Å²) in [5.41, 5.74) is 0. The zero-order valence-corrected chi connectivity index (χ0v) is 61.4. The first-order valence-electron chi connectivity index (χ1n) is 40.1. The third kappa shape index (κ3) is 72.7. The zero-order chi connectivity index (χ0) is 64.1. The monoisotopic (exact) mass is 1260 g/mol. The van der Waals surface area contributed by atoms with Crippen molar-refractivity contribution in [1.82, 2.24) is 5.32 Å². The molecule has 0 fully saturated rings. The summed E-state index contributed by atoms with van der Waals surface area (Å²) >= 11 is 0. The Kier molecular flexibility index (Phi) is 69.9. The summed E-state index contributed by atoms with van der Waals surface area (Å²) in [5, 5.41) is 14.0. The molecule has 526 valence electrons. The van der Waals surface area contributed by atoms with Gasteiger partial charge in [-0.05, 0) is 19.3 Å². The number of hydrogen-bond acceptors (Lipinski definition) is 6. The van der Waals surface area contributed by atoms with E-state index >= 15 is 0 Å². The molecule has 0 spiro atoms. The van der Waals surface area contributed by atoms with Crippen LogP contribution in [-0.2, 0) is 18.4 Å². The Bertz CT molecular complexity index is 1440. The summed E-state index contributed by atoms with van der Waals surface area (Å²) in [7, 11) is 1.29. The highest BCUT2D eigenvalue weighted by Gasteiger charge is 2.23. The van der Waals surface area contributed by atoms with Crippen molar-refractivity contribution in [3.8, 4) is 0 Å². The van der Waals surface area contributed by atoms with E-state index in [1.165, 1.54) is 379 Å². The van der Waals surface area contributed by atoms with Gasteiger partial charge in [0.1, 0.15) is 13.2 Å². The summed E-state index contributed by atoms with van der Waals surface area (Å²) in [6, 6.07) is -0.885. The Morgan fingerprint density at radius 3 is 0.852 bits per heavy atom. The predicted octanol–water partition coefficient (Wildman–Crippen LogP) is 25.4. The van der Waals surface area contributed by atoms with E-state index in [0.29, 0.717) is 17.4 Å². The van der Waals surface area contributed by atoms with E-state index in [1.54, 1.807) is 6.08 Å². The van der Waals surface area contributed by atoms with E-state index < -0.39 is 20.0 Å². The van der Waals surface area contributed by atoms with E-state index in [4.69, 9.17) is 9.05 Å². The lowest BCUT2D eigenvalue weighted by atomic mass is 10.0. The van der Waals surface area contributed by atoms with Crippen LogP contribution in [0.4, 0.5) is 0 Å². The molecule has 0 aromatic heterocycles. The third-order valence-corrected chi connectivity index (χ3v) is 20.0. The number of hydrogen-bond donors (Lipinski definition) is 2. The van der Waals surface area contributed by atoms with Crippen LogP contribution in [0.2, 0.25) is 0 Å². The van der Waals surface area contributed by atoms with Gasteiger partial charge in [-0.15, -0.1) is 0 Å². The van der Waals surface area contributed by atoms with E-state index in [0.717, 1.165) is 38.5 Å². The second-order valence-corrected chi connectivity index (χ2v) is 30.6. The van der Waals surface area contributed by atoms with Crippen molar-refractivity contribution < 1.29 is 32.9 Å². The molecule has 0 aliphatic carbocycles. The molecule has 1 amide bonds. The molecule has 0 aromatic carbocycles. The smallest absolute Gasteiger partial charge is 0.268 e. The number of amides is 1. The molecule has 0 radical (unpaired) electrons. The van der Waals surface area contributed by atoms with Crippen molar-refractivity contribution in [2.24, 2.45) is 0 Å². The molecule has 9 heteroatoms. The lowest BCUT2D eigenvalue weighted by Gasteiger charge is -2.29. The van der Waals surface area contributed by atoms with Crippen LogP contribution in [0.3, 0.4) is 0 Å². The first-order valence-corrected chi connectivity index (χ1v) is 41.5. The van der Waals surface area contributed by atoms with Crippen LogP contribution in [0.1, 0.15) is 438 Å². The number of rotatable bonds is 76. The second kappa shape index (κ2) is 70.6. The second-order valence-electron chi connectivity index (χ2n) is 29.1. The van der Waals surface area contributed by atoms with Gasteiger partial charge in [-0.25, -0.2) is 0 Å². The minimum atomic E-state index is -4.60. The molecule has 0 aliphatic heterocycles. The van der Waals surface area contributed by atoms with Gasteiger partial charge in [-0.2, -0.15) is 0 Å². The average molecular weight is 1260 g/mol. The van der Waals surface area contributed by atoms with E-state index in [2.05, 4.69) is 19.2 Å². The normalized spacial score (nSPS) is 13.5. The number of phosphoric acid groups is 1. The Morgan fingerprint density at radius 1 is 0.386 bits per heavy atom. The number of nitrogens with one attached hydrogen (secondary N) is 1. The Hall–Kier alpha value is -0.760. The maximum absolute atomic E-state index is 13.1. The molecular formula is C79H159N2O6P. The Labute approximate surface area is 552 Å². The lowest BCUT2D eigenvalue weighted by Crippen LogP contribution is -2.45. The summed E-state index contributed by atoms with van der Waals surface area (Å²) in [4.78, 5) is 25.7. The number of carbonyl (C=O) groups is 1. The van der Waals surface area contributed by atoms with Crippen LogP contribution in [0.5, 0.6) is 0 Å². The fraction of sp³-hybridized carbons (Fsp3) is 0.962. The summed E-state index contributed by atoms with van der Waals surface area (Å²) in [6.07, 6.45) is 92.4. The number of likely N-dealkylation sites (N-methyl/N-ethyl adjacent to an activating group) is 1. The largest absolute Gasteiger partial charge is 0.756 e. The van der Waals surface area contributed by atoms with Crippen LogP contribution in [0.25, 0.3) is 0 Å². The summed E-state index contributed by atoms with van der Waals surface area (Å²) < 4.78 is 23.5. The molecule has 3 atom stereocenters. The number of unbranched alkanes of at least 4 members (excludes halogenated alkanes) is 63. The van der Waals surface area contributed by atoms with E-state index in [9.17, 15) is 19.4 Å². The van der Waals surface area contributed by atoms with Gasteiger partial charge in [0.2, 0.25) is 5.91 Å². The van der Waals surface area contributed by atoms with Crippen molar-refractivity contribution in [2.75, 3.05) is 40.9 Å². The molecule has 8 nitrogen and oxygen atoms in total. The number of phosphoric ester groups is 1. The lowest BCUT2D eigenvalue weighted by molar-refractivity contribution is -0.870. The standard InChI is InChI=1S/C79H159N2O6P/c1-6-8-10-12-14-16-18-20-22-24-26-28-30-32-34-36-38-39-40-41-43-45-47-49-51-53-55-57-59-61-63-65-67-69-71-73-79(83)80-77(76-87-88(84,85)86-75-74-81(3,4)5)78(82)72-70-68-66-64-62-60-58-56-54-52-50-48-46-44-42-37-35-33-31-29-27-25-23-21-19-17-15-13-11-9-7-2/h70,72,77-78,82H,6-69,71,73-76H2,1-5H3,(H-,80,83,84,85)/b72-70+. The number of allylic oxidation sites excluding steroid dienone is 1. The van der Waals surface area contributed by atoms with E-state index in [-0.39, 0.29) is 19.1 Å². The van der Waals surface area contributed by atoms with Gasteiger partial charge in [0.25, 0.3) is 7.82 Å². The molecule has 2 N–H and O–H groups in total. The van der Waals surface area contributed by atoms with Gasteiger partial charge in [0.15, 0.2) is 0 Å². The summed E-state index contributed by atoms with van der Waals surface area (Å²) in [6.45, 7) is 4.74. The van der Waals surface area contributed by atoms with Crippen molar-refractivity contribution in [1.29, 1.82) is 0 Å². The van der Waals surface area contributed by atoms with Crippen LogP contribution in [0.15, 0.2) is 12.2 Å². The van der Waals surface area contributed by atoms with E-state index in [1.807, 2.05) is 27.2 Å². The first kappa shape index (κ1) is 87.2. The maximum Gasteiger partial charge on any atom is 0.268 e. The number of aliphatic hydroxyl groups is 1. The summed E-state index contributed by atoms with van der Waals surface area (Å²) in [5.74, 6) is -0.185. The molecule has 0 bridgehead atoms. The molecular weight excluding hydrogens is 1100 g/mol. The van der Waals surface area contributed by atoms with Gasteiger partial charge in [0, 0.05) is 6.42 Å². The highest BCUT2D eigenvalue weighted by molar-refractivity contribution is 7.45. The average Bonchev–Trinajstić information content (AvgIpc) is 3.65. The maximum atomic E-state index is 13.1. The van der Waals surface area contributed by atoms with Crippen molar-refractivity contribution in [2.45, 2.75) is 450 Å². The first-order chi connectivity index (χ1) is 43.0. The highest BCUT2D eigenvalue weighted by Crippen LogP contribution is 2.38. The molecule has 0 heterocycles. The quantitative estimate of drug-likeness (QED) is 0.0272. The van der Waals surface area contributed by atoms with Gasteiger partial charge in [-0.1, -0.05) is 424 Å². The van der Waals surface area contributed by atoms with Gasteiger partial charge in [0.05, 0.1) is 39.9 Å². The Morgan fingerprint density at radius 2 is 0.614 bits per heavy atom. The van der Waals surface area contributed by atoms with Crippen molar-refractivity contribution in [3.63, 3.8) is 0 Å². The SMILES string of the molecule is CCCCCCCCCCCCCCCCCCCCCCCCCCCCCCC/C=C/C(O)C(COP(=O)([O-])OCC[N+](C)(C)C)NC(=O)CCCCCCCCCCCCCCCCCCCCCCCCCCCCCCCCCCCCC. The number of nitrogens with zero attached hydrogens (tertiary/aromatic N) is 1. The van der Waals surface area contributed by atoms with Gasteiger partial charge < -0.3 is 28.8 Å². The number of aliphatic hydroxyl groups excluding tert-OH is 1. The van der Waals surface area contributed by atoms with Crippen LogP contribution in [0, 0.1) is 0 Å². The molecule has 0 rings (SSSR count). The predicted molar refractivity (Wildman–Crippen MR) is 386 cm³/mol. The molecule has 0 aliphatic rings. The van der Waals surface area contributed by atoms with Gasteiger partial charge >= 0.3 is 0 Å². The highest BCUT2D eigenvalue weighted by atomic mass is 31.2. The Balaban J connectivity index is 3.93. The fourth-order valence-electron chi connectivity index (χ4n) is 12.8. The molecule has 0 saturated carbocycles. The number of carbonyl (C=O) groups excluding carboxylic acids is 1. The fourth-order valence-corrected chi connectivity index (χ4v) is 13.5. The molecule has 3 unspecified atom stereocenters. The molecule has 0 saturated heterocycles.